The van der Waals surface area contributed by atoms with E-state index in [0.29, 0.717) is 25.0 Å². The Morgan fingerprint density at radius 3 is 2.36 bits per heavy atom. The van der Waals surface area contributed by atoms with Gasteiger partial charge in [0, 0.05) is 30.1 Å². The third-order valence-corrected chi connectivity index (χ3v) is 15.7. The molecule has 1 aromatic carbocycles. The van der Waals surface area contributed by atoms with Crippen LogP contribution in [-0.4, -0.2) is 128 Å². The molecule has 8 rings (SSSR count). The summed E-state index contributed by atoms with van der Waals surface area (Å²) >= 11 is 0. The number of rotatable bonds is 5. The van der Waals surface area contributed by atoms with Gasteiger partial charge < -0.3 is 59.4 Å². The molecule has 13 heteroatoms. The molecule has 1 aromatic rings. The molecule has 3 saturated heterocycles. The first-order valence-corrected chi connectivity index (χ1v) is 19.7. The molecule has 0 radical (unpaired) electrons. The summed E-state index contributed by atoms with van der Waals surface area (Å²) in [4.78, 5) is 13.4. The molecule has 20 atom stereocenters. The molecule has 4 aliphatic carbocycles. The van der Waals surface area contributed by atoms with E-state index in [1.807, 2.05) is 13.8 Å². The Morgan fingerprint density at radius 1 is 0.925 bits per heavy atom. The molecule has 4 saturated carbocycles. The second-order valence-electron chi connectivity index (χ2n) is 18.2. The summed E-state index contributed by atoms with van der Waals surface area (Å²) in [7, 11) is 0. The predicted molar refractivity (Wildman–Crippen MR) is 186 cm³/mol. The highest BCUT2D eigenvalue weighted by molar-refractivity contribution is 5.89. The molecule has 0 amide bonds. The molecule has 0 unspecified atom stereocenters. The fraction of sp³-hybridized carbons (Fsp3) is 0.825. The van der Waals surface area contributed by atoms with Crippen LogP contribution in [0.25, 0.3) is 0 Å². The number of aliphatic hydroxyl groups is 7. The molecule has 0 bridgehead atoms. The minimum atomic E-state index is -1.67. The van der Waals surface area contributed by atoms with Crippen LogP contribution in [0.3, 0.4) is 0 Å². The minimum Gasteiger partial charge on any atom is -0.456 e. The molecule has 7 aliphatic rings. The molecule has 13 nitrogen and oxygen atoms in total. The van der Waals surface area contributed by atoms with E-state index >= 15 is 0 Å². The highest BCUT2D eigenvalue weighted by Gasteiger charge is 2.73. The van der Waals surface area contributed by atoms with Gasteiger partial charge in [0.25, 0.3) is 0 Å². The molecule has 3 aliphatic heterocycles. The molecule has 7 fully saturated rings. The topological polar surface area (TPSA) is 205 Å². The van der Waals surface area contributed by atoms with Gasteiger partial charge in [-0.1, -0.05) is 45.9 Å². The number of fused-ring (bicyclic) bond motifs is 7. The van der Waals surface area contributed by atoms with Crippen molar-refractivity contribution < 1.29 is 64.2 Å². The highest BCUT2D eigenvalue weighted by Crippen LogP contribution is 2.72. The van der Waals surface area contributed by atoms with Crippen LogP contribution in [0.2, 0.25) is 0 Å². The number of hydrogen-bond donors (Lipinski definition) is 7. The number of ether oxygens (including phenoxy) is 5. The first-order chi connectivity index (χ1) is 25.1. The Balaban J connectivity index is 1.08. The van der Waals surface area contributed by atoms with Crippen LogP contribution in [0, 0.1) is 46.3 Å². The average molecular weight is 747 g/mol. The first kappa shape index (κ1) is 38.1. The predicted octanol–water partition coefficient (Wildman–Crippen LogP) is 1.51. The fourth-order valence-electron chi connectivity index (χ4n) is 12.6. The van der Waals surface area contributed by atoms with Crippen molar-refractivity contribution >= 4 is 5.97 Å². The molecule has 7 N–H and O–H groups in total. The van der Waals surface area contributed by atoms with Gasteiger partial charge in [0.15, 0.2) is 12.1 Å². The van der Waals surface area contributed by atoms with Crippen LogP contribution in [0.5, 0.6) is 0 Å². The van der Waals surface area contributed by atoms with Gasteiger partial charge in [-0.3, -0.25) is 0 Å². The van der Waals surface area contributed by atoms with Crippen molar-refractivity contribution in [3.8, 4) is 0 Å². The van der Waals surface area contributed by atoms with E-state index < -0.39 is 84.5 Å². The molecule has 296 valence electrons. The van der Waals surface area contributed by atoms with E-state index in [4.69, 9.17) is 23.7 Å². The van der Waals surface area contributed by atoms with Crippen molar-refractivity contribution in [1.29, 1.82) is 0 Å². The normalized spacial score (nSPS) is 54.8. The second kappa shape index (κ2) is 13.4. The lowest BCUT2D eigenvalue weighted by Gasteiger charge is -2.66. The van der Waals surface area contributed by atoms with E-state index in [2.05, 4.69) is 13.8 Å². The summed E-state index contributed by atoms with van der Waals surface area (Å²) in [6.45, 7) is 8.34. The standard InChI is InChI=1S/C40H58O13/c1-19-18-49-40(14-25(19)42)20(2)31-26(53-40)13-24-22-12-30(43)39(48)16-28(50-35(47)21-8-6-5-7-9-21)27(15-38(39,4)23(22)10-11-37(24,31)3)51-36-34(46)33(45)32(44)29(17-41)52-36/h5-9,19-20,22-34,36,41-46,48H,10-18H2,1-4H3/t19-,20+,22-,23+,24+,25+,26+,27-,28-,29-,30-,31+,32-,33+,34-,36-,37+,38-,39+,40-/m1/s1. The van der Waals surface area contributed by atoms with Crippen LogP contribution in [0.1, 0.15) is 83.0 Å². The lowest BCUT2D eigenvalue weighted by molar-refractivity contribution is -0.339. The summed E-state index contributed by atoms with van der Waals surface area (Å²) in [5, 5.41) is 77.4. The number of hydrogen-bond acceptors (Lipinski definition) is 13. The van der Waals surface area contributed by atoms with Gasteiger partial charge in [-0.05, 0) is 73.3 Å². The van der Waals surface area contributed by atoms with Gasteiger partial charge in [0.1, 0.15) is 30.5 Å². The lowest BCUT2D eigenvalue weighted by atomic mass is 9.42. The molecule has 3 heterocycles. The number of aliphatic hydroxyl groups excluding tert-OH is 6. The smallest absolute Gasteiger partial charge is 0.338 e. The summed E-state index contributed by atoms with van der Waals surface area (Å²) < 4.78 is 31.4. The zero-order valence-electron chi connectivity index (χ0n) is 31.1. The van der Waals surface area contributed by atoms with Crippen molar-refractivity contribution in [2.75, 3.05) is 13.2 Å². The van der Waals surface area contributed by atoms with Gasteiger partial charge in [-0.25, -0.2) is 4.79 Å². The van der Waals surface area contributed by atoms with E-state index in [1.165, 1.54) is 0 Å². The summed E-state index contributed by atoms with van der Waals surface area (Å²) in [6, 6.07) is 8.42. The first-order valence-electron chi connectivity index (χ1n) is 19.7. The molecular formula is C40H58O13. The zero-order chi connectivity index (χ0) is 37.8. The Morgan fingerprint density at radius 2 is 1.66 bits per heavy atom. The van der Waals surface area contributed by atoms with Crippen molar-refractivity contribution in [2.24, 2.45) is 46.3 Å². The molecular weight excluding hydrogens is 688 g/mol. The number of benzene rings is 1. The van der Waals surface area contributed by atoms with Crippen LogP contribution >= 0.6 is 0 Å². The maximum Gasteiger partial charge on any atom is 0.338 e. The Kier molecular flexibility index (Phi) is 9.67. The average Bonchev–Trinajstić information content (AvgIpc) is 3.57. The number of esters is 1. The van der Waals surface area contributed by atoms with Crippen molar-refractivity contribution in [1.82, 2.24) is 0 Å². The zero-order valence-corrected chi connectivity index (χ0v) is 31.1. The third-order valence-electron chi connectivity index (χ3n) is 15.7. The van der Waals surface area contributed by atoms with E-state index in [9.17, 15) is 40.5 Å². The van der Waals surface area contributed by atoms with Crippen molar-refractivity contribution in [3.05, 3.63) is 35.9 Å². The van der Waals surface area contributed by atoms with Gasteiger partial charge in [-0.15, -0.1) is 0 Å². The highest BCUT2D eigenvalue weighted by atomic mass is 16.7. The Hall–Kier alpha value is -1.75. The van der Waals surface area contributed by atoms with Gasteiger partial charge in [0.05, 0.1) is 48.8 Å². The van der Waals surface area contributed by atoms with E-state index in [1.54, 1.807) is 30.3 Å². The number of carbonyl (C=O) groups excluding carboxylic acids is 1. The van der Waals surface area contributed by atoms with Gasteiger partial charge in [-0.2, -0.15) is 0 Å². The van der Waals surface area contributed by atoms with E-state index in [-0.39, 0.29) is 59.9 Å². The van der Waals surface area contributed by atoms with Gasteiger partial charge in [0.2, 0.25) is 0 Å². The maximum atomic E-state index is 13.4. The summed E-state index contributed by atoms with van der Waals surface area (Å²) in [5.41, 5.74) is -2.40. The van der Waals surface area contributed by atoms with Crippen LogP contribution in [-0.2, 0) is 23.7 Å². The van der Waals surface area contributed by atoms with Crippen LogP contribution < -0.4 is 0 Å². The fourth-order valence-corrected chi connectivity index (χ4v) is 12.6. The largest absolute Gasteiger partial charge is 0.456 e. The minimum absolute atomic E-state index is 0.0422. The lowest BCUT2D eigenvalue weighted by Crippen LogP contribution is -2.71. The number of carbonyl (C=O) groups is 1. The Labute approximate surface area is 310 Å². The molecule has 53 heavy (non-hydrogen) atoms. The molecule has 0 aromatic heterocycles. The third kappa shape index (κ3) is 5.70. The monoisotopic (exact) mass is 746 g/mol. The van der Waals surface area contributed by atoms with Gasteiger partial charge >= 0.3 is 5.97 Å². The Bertz CT molecular complexity index is 1510. The van der Waals surface area contributed by atoms with Crippen LogP contribution in [0.4, 0.5) is 0 Å². The maximum absolute atomic E-state index is 13.4. The van der Waals surface area contributed by atoms with Crippen LogP contribution in [0.15, 0.2) is 30.3 Å². The second-order valence-corrected chi connectivity index (χ2v) is 18.2. The SMILES string of the molecule is C[C@@H]1CO[C@]2(C[C@@H]1O)O[C@H]1C[C@H]3[C@@H]4C[C@@H](O)[C@@]5(O)C[C@@H](OC(=O)c6ccccc6)[C@H](O[C@@H]6O[C@H](CO)[C@@H](O)[C@H](O)[C@H]6O)C[C@]5(C)[C@H]4CC[C@]3(C)[C@H]1[C@@H]2C. The van der Waals surface area contributed by atoms with Crippen molar-refractivity contribution in [2.45, 2.75) is 145 Å². The quantitative estimate of drug-likeness (QED) is 0.169. The summed E-state index contributed by atoms with van der Waals surface area (Å²) in [6.07, 6.45) is -8.04. The van der Waals surface area contributed by atoms with Crippen molar-refractivity contribution in [3.63, 3.8) is 0 Å². The van der Waals surface area contributed by atoms with E-state index in [0.717, 1.165) is 19.3 Å². The summed E-state index contributed by atoms with van der Waals surface area (Å²) in [5.74, 6) is -0.951. The molecule has 1 spiro atoms.